The smallest absolute Gasteiger partial charge is 0.244 e. The third-order valence-corrected chi connectivity index (χ3v) is 5.25. The van der Waals surface area contributed by atoms with E-state index in [0.717, 1.165) is 10.9 Å². The zero-order chi connectivity index (χ0) is 15.6. The van der Waals surface area contributed by atoms with Crippen molar-refractivity contribution in [1.29, 1.82) is 0 Å². The van der Waals surface area contributed by atoms with Crippen molar-refractivity contribution in [2.24, 2.45) is 0 Å². The summed E-state index contributed by atoms with van der Waals surface area (Å²) in [6.07, 6.45) is 1.53. The Bertz CT molecular complexity index is 742. The van der Waals surface area contributed by atoms with Crippen molar-refractivity contribution < 1.29 is 13.5 Å². The molecule has 1 aromatic carbocycles. The second-order valence-corrected chi connectivity index (χ2v) is 7.32. The van der Waals surface area contributed by atoms with E-state index >= 15 is 0 Å². The number of hydrogen-bond acceptors (Lipinski definition) is 4. The van der Waals surface area contributed by atoms with Crippen molar-refractivity contribution in [2.45, 2.75) is 31.3 Å². The average Bonchev–Trinajstić information content (AvgIpc) is 2.43. The zero-order valence-corrected chi connectivity index (χ0v) is 13.3. The molecule has 0 spiro atoms. The molecule has 1 N–H and O–H groups in total. The first-order valence-electron chi connectivity index (χ1n) is 6.82. The predicted octanol–water partition coefficient (Wildman–Crippen LogP) is 1.93. The van der Waals surface area contributed by atoms with Crippen LogP contribution in [0.3, 0.4) is 0 Å². The summed E-state index contributed by atoms with van der Waals surface area (Å²) in [7, 11) is -2.10. The molecule has 0 aliphatic rings. The molecule has 0 amide bonds. The number of aromatic nitrogens is 1. The highest BCUT2D eigenvalue weighted by Crippen LogP contribution is 2.24. The third kappa shape index (κ3) is 3.40. The van der Waals surface area contributed by atoms with Gasteiger partial charge in [-0.1, -0.05) is 12.1 Å². The molecule has 0 aliphatic carbocycles. The molecule has 0 fully saturated rings. The first kappa shape index (κ1) is 15.9. The summed E-state index contributed by atoms with van der Waals surface area (Å²) in [6.45, 7) is 3.83. The van der Waals surface area contributed by atoms with E-state index in [1.165, 1.54) is 11.4 Å². The van der Waals surface area contributed by atoms with E-state index in [1.54, 1.807) is 25.3 Å². The first-order chi connectivity index (χ1) is 9.82. The highest BCUT2D eigenvalue weighted by atomic mass is 32.2. The number of aliphatic hydroxyl groups is 1. The average molecular weight is 308 g/mol. The monoisotopic (exact) mass is 308 g/mol. The van der Waals surface area contributed by atoms with Gasteiger partial charge in [-0.15, -0.1) is 0 Å². The summed E-state index contributed by atoms with van der Waals surface area (Å²) in [5.41, 5.74) is 1.46. The maximum absolute atomic E-state index is 12.6. The lowest BCUT2D eigenvalue weighted by atomic mass is 10.2. The molecule has 1 aromatic heterocycles. The summed E-state index contributed by atoms with van der Waals surface area (Å²) in [5, 5.41) is 10.1. The quantitative estimate of drug-likeness (QED) is 0.916. The summed E-state index contributed by atoms with van der Waals surface area (Å²) in [6, 6.07) is 7.05. The molecule has 0 saturated heterocycles. The molecule has 2 rings (SSSR count). The number of benzene rings is 1. The number of fused-ring (bicyclic) bond motifs is 1. The van der Waals surface area contributed by atoms with Crippen LogP contribution in [0.4, 0.5) is 0 Å². The van der Waals surface area contributed by atoms with Gasteiger partial charge in [-0.05, 0) is 38.0 Å². The van der Waals surface area contributed by atoms with E-state index in [4.69, 9.17) is 0 Å². The summed E-state index contributed by atoms with van der Waals surface area (Å²) in [5.74, 6) is 0. The summed E-state index contributed by atoms with van der Waals surface area (Å²) >= 11 is 0. The number of sulfonamides is 1. The van der Waals surface area contributed by atoms with Crippen LogP contribution in [-0.4, -0.2) is 42.5 Å². The van der Waals surface area contributed by atoms with Gasteiger partial charge in [0.1, 0.15) is 4.90 Å². The highest BCUT2D eigenvalue weighted by Gasteiger charge is 2.23. The number of pyridine rings is 1. The van der Waals surface area contributed by atoms with Crippen molar-refractivity contribution in [3.05, 3.63) is 36.0 Å². The van der Waals surface area contributed by atoms with Crippen LogP contribution >= 0.6 is 0 Å². The molecule has 1 unspecified atom stereocenters. The molecule has 6 heteroatoms. The molecule has 0 aliphatic heterocycles. The number of para-hydroxylation sites is 1. The number of rotatable bonds is 5. The van der Waals surface area contributed by atoms with E-state index in [1.807, 2.05) is 19.1 Å². The Morgan fingerprint density at radius 2 is 2.10 bits per heavy atom. The summed E-state index contributed by atoms with van der Waals surface area (Å²) < 4.78 is 26.6. The Kier molecular flexibility index (Phi) is 4.61. The van der Waals surface area contributed by atoms with Crippen LogP contribution in [0.15, 0.2) is 35.4 Å². The molecule has 2 aromatic rings. The SMILES string of the molecule is Cc1cnc2c(S(=O)(=O)N(C)CCC(C)O)cccc2c1. The molecular formula is C15H20N2O3S. The molecular weight excluding hydrogens is 288 g/mol. The van der Waals surface area contributed by atoms with E-state index in [0.29, 0.717) is 11.9 Å². The lowest BCUT2D eigenvalue weighted by Crippen LogP contribution is -2.29. The Morgan fingerprint density at radius 1 is 1.38 bits per heavy atom. The summed E-state index contributed by atoms with van der Waals surface area (Å²) in [4.78, 5) is 4.47. The molecule has 0 saturated carbocycles. The van der Waals surface area contributed by atoms with Crippen LogP contribution in [0.5, 0.6) is 0 Å². The Balaban J connectivity index is 2.45. The van der Waals surface area contributed by atoms with E-state index < -0.39 is 16.1 Å². The molecule has 114 valence electrons. The van der Waals surface area contributed by atoms with Gasteiger partial charge in [0.2, 0.25) is 10.0 Å². The molecule has 0 radical (unpaired) electrons. The van der Waals surface area contributed by atoms with Crippen LogP contribution < -0.4 is 0 Å². The number of aryl methyl sites for hydroxylation is 1. The standard InChI is InChI=1S/C15H20N2O3S/c1-11-9-13-5-4-6-14(15(13)16-10-11)21(19,20)17(3)8-7-12(2)18/h4-6,9-10,12,18H,7-8H2,1-3H3. The molecule has 5 nitrogen and oxygen atoms in total. The molecule has 0 bridgehead atoms. The van der Waals surface area contributed by atoms with Crippen molar-refractivity contribution in [2.75, 3.05) is 13.6 Å². The normalized spacial score (nSPS) is 13.8. The molecule has 21 heavy (non-hydrogen) atoms. The fourth-order valence-corrected chi connectivity index (χ4v) is 3.45. The highest BCUT2D eigenvalue weighted by molar-refractivity contribution is 7.89. The Morgan fingerprint density at radius 3 is 2.76 bits per heavy atom. The Hall–Kier alpha value is -1.50. The second-order valence-electron chi connectivity index (χ2n) is 5.30. The van der Waals surface area contributed by atoms with Gasteiger partial charge in [-0.3, -0.25) is 4.98 Å². The van der Waals surface area contributed by atoms with Crippen LogP contribution in [0.25, 0.3) is 10.9 Å². The van der Waals surface area contributed by atoms with Crippen LogP contribution in [0.1, 0.15) is 18.9 Å². The van der Waals surface area contributed by atoms with Gasteiger partial charge in [-0.2, -0.15) is 0 Å². The van der Waals surface area contributed by atoms with Gasteiger partial charge in [-0.25, -0.2) is 12.7 Å². The van der Waals surface area contributed by atoms with E-state index in [-0.39, 0.29) is 11.4 Å². The van der Waals surface area contributed by atoms with Gasteiger partial charge in [0.25, 0.3) is 0 Å². The fourth-order valence-electron chi connectivity index (χ4n) is 2.11. The second kappa shape index (κ2) is 6.09. The lowest BCUT2D eigenvalue weighted by molar-refractivity contribution is 0.177. The molecule has 1 heterocycles. The van der Waals surface area contributed by atoms with Gasteiger partial charge in [0.05, 0.1) is 11.6 Å². The maximum atomic E-state index is 12.6. The van der Waals surface area contributed by atoms with Gasteiger partial charge < -0.3 is 5.11 Å². The number of aliphatic hydroxyl groups excluding tert-OH is 1. The van der Waals surface area contributed by atoms with Gasteiger partial charge >= 0.3 is 0 Å². The van der Waals surface area contributed by atoms with Crippen molar-refractivity contribution in [1.82, 2.24) is 9.29 Å². The molecule has 1 atom stereocenters. The van der Waals surface area contributed by atoms with Crippen LogP contribution in [0.2, 0.25) is 0 Å². The predicted molar refractivity (Wildman–Crippen MR) is 82.6 cm³/mol. The topological polar surface area (TPSA) is 70.5 Å². The van der Waals surface area contributed by atoms with Crippen molar-refractivity contribution in [3.63, 3.8) is 0 Å². The van der Waals surface area contributed by atoms with Crippen LogP contribution in [0, 0.1) is 6.92 Å². The van der Waals surface area contributed by atoms with E-state index in [9.17, 15) is 13.5 Å². The van der Waals surface area contributed by atoms with Gasteiger partial charge in [0, 0.05) is 25.2 Å². The minimum absolute atomic E-state index is 0.202. The largest absolute Gasteiger partial charge is 0.393 e. The van der Waals surface area contributed by atoms with E-state index in [2.05, 4.69) is 4.98 Å². The number of hydrogen-bond donors (Lipinski definition) is 1. The van der Waals surface area contributed by atoms with Crippen molar-refractivity contribution >= 4 is 20.9 Å². The Labute approximate surface area is 125 Å². The number of nitrogens with zero attached hydrogens (tertiary/aromatic N) is 2. The third-order valence-electron chi connectivity index (χ3n) is 3.36. The van der Waals surface area contributed by atoms with Crippen molar-refractivity contribution in [3.8, 4) is 0 Å². The lowest BCUT2D eigenvalue weighted by Gasteiger charge is -2.18. The zero-order valence-electron chi connectivity index (χ0n) is 12.4. The minimum atomic E-state index is -3.61. The van der Waals surface area contributed by atoms with Crippen LogP contribution in [-0.2, 0) is 10.0 Å². The maximum Gasteiger partial charge on any atom is 0.244 e. The fraction of sp³-hybridized carbons (Fsp3) is 0.400. The first-order valence-corrected chi connectivity index (χ1v) is 8.26. The minimum Gasteiger partial charge on any atom is -0.393 e. The van der Waals surface area contributed by atoms with Gasteiger partial charge in [0.15, 0.2) is 0 Å².